The van der Waals surface area contributed by atoms with Crippen LogP contribution in [0.15, 0.2) is 65.6 Å². The summed E-state index contributed by atoms with van der Waals surface area (Å²) in [5, 5.41) is 8.21. The third-order valence-electron chi connectivity index (χ3n) is 9.25. The number of morpholine rings is 1. The van der Waals surface area contributed by atoms with Crippen LogP contribution in [0.1, 0.15) is 52.7 Å². The molecule has 1 N–H and O–H groups in total. The molecule has 10 nitrogen and oxygen atoms in total. The Morgan fingerprint density at radius 3 is 2.27 bits per heavy atom. The predicted octanol–water partition coefficient (Wildman–Crippen LogP) is 7.79. The number of hydrogen-bond donors (Lipinski definition) is 1. The Balaban J connectivity index is 1.48. The van der Waals surface area contributed by atoms with E-state index in [-0.39, 0.29) is 40.7 Å². The molecule has 4 aromatic carbocycles. The van der Waals surface area contributed by atoms with Crippen LogP contribution in [0.3, 0.4) is 0 Å². The molecule has 2 fully saturated rings. The average Bonchev–Trinajstić information content (AvgIpc) is 4.02. The van der Waals surface area contributed by atoms with E-state index in [1.54, 1.807) is 13.0 Å². The standard InChI is InChI=1S/C38H35Cl2F4N3O7S/c1-2-54-30-18-24(38(49)50)9-10-29(30)47(19-22-15-26(23-7-8-23)17-27(16-22)45-11-13-53-14-12-45)31(48)21-46(20-25-5-3-4-6-28(25)39)55(51,52)37-32(40)33(41)34(42)35(43)36(37)44/h3-6,9-10,15-18,23H,2,7-8,11-14,19-21H2,1H3,(H,49,50). The molecule has 1 saturated heterocycles. The van der Waals surface area contributed by atoms with Crippen LogP contribution >= 0.6 is 23.2 Å². The fraction of sp³-hybridized carbons (Fsp3) is 0.316. The van der Waals surface area contributed by atoms with Gasteiger partial charge in [0.1, 0.15) is 15.7 Å². The van der Waals surface area contributed by atoms with Crippen molar-refractivity contribution in [1.29, 1.82) is 0 Å². The van der Waals surface area contributed by atoms with Gasteiger partial charge in [0.15, 0.2) is 23.3 Å². The summed E-state index contributed by atoms with van der Waals surface area (Å²) in [6, 6.07) is 15.6. The molecule has 0 atom stereocenters. The third-order valence-corrected chi connectivity index (χ3v) is 11.9. The van der Waals surface area contributed by atoms with Crippen molar-refractivity contribution in [2.24, 2.45) is 0 Å². The van der Waals surface area contributed by atoms with Crippen LogP contribution in [-0.2, 0) is 32.6 Å². The molecule has 2 aliphatic rings. The molecular formula is C38H35Cl2F4N3O7S. The zero-order valence-electron chi connectivity index (χ0n) is 29.3. The van der Waals surface area contributed by atoms with E-state index in [2.05, 4.69) is 11.0 Å². The number of sulfonamides is 1. The van der Waals surface area contributed by atoms with Crippen LogP contribution in [0.4, 0.5) is 28.9 Å². The van der Waals surface area contributed by atoms with Gasteiger partial charge in [-0.05, 0) is 78.8 Å². The highest BCUT2D eigenvalue weighted by Gasteiger charge is 2.38. The average molecular weight is 825 g/mol. The number of carboxylic acid groups (broad SMARTS) is 1. The van der Waals surface area contributed by atoms with Gasteiger partial charge in [-0.2, -0.15) is 4.31 Å². The molecule has 17 heteroatoms. The first-order valence-corrected chi connectivity index (χ1v) is 19.4. The number of carbonyl (C=O) groups is 2. The van der Waals surface area contributed by atoms with Gasteiger partial charge in [0.25, 0.3) is 0 Å². The second-order valence-electron chi connectivity index (χ2n) is 13.0. The smallest absolute Gasteiger partial charge is 0.335 e. The van der Waals surface area contributed by atoms with E-state index in [0.717, 1.165) is 24.1 Å². The maximum absolute atomic E-state index is 15.3. The van der Waals surface area contributed by atoms with E-state index in [9.17, 15) is 36.3 Å². The van der Waals surface area contributed by atoms with Gasteiger partial charge in [0.2, 0.25) is 15.9 Å². The summed E-state index contributed by atoms with van der Waals surface area (Å²) < 4.78 is 98.8. The largest absolute Gasteiger partial charge is 0.492 e. The number of hydrogen-bond acceptors (Lipinski definition) is 7. The maximum Gasteiger partial charge on any atom is 0.335 e. The molecule has 292 valence electrons. The van der Waals surface area contributed by atoms with Gasteiger partial charge in [-0.25, -0.2) is 30.8 Å². The molecule has 1 heterocycles. The van der Waals surface area contributed by atoms with E-state index in [1.165, 1.54) is 41.3 Å². The molecule has 4 aromatic rings. The lowest BCUT2D eigenvalue weighted by Gasteiger charge is -2.31. The number of nitrogens with zero attached hydrogens (tertiary/aromatic N) is 3. The van der Waals surface area contributed by atoms with Crippen LogP contribution in [0.5, 0.6) is 5.75 Å². The van der Waals surface area contributed by atoms with Crippen molar-refractivity contribution in [1.82, 2.24) is 4.31 Å². The lowest BCUT2D eigenvalue weighted by Crippen LogP contribution is -2.43. The molecule has 6 rings (SSSR count). The van der Waals surface area contributed by atoms with Gasteiger partial charge in [0, 0.05) is 30.3 Å². The van der Waals surface area contributed by atoms with Gasteiger partial charge >= 0.3 is 5.97 Å². The Morgan fingerprint density at radius 1 is 0.927 bits per heavy atom. The molecule has 0 radical (unpaired) electrons. The topological polar surface area (TPSA) is 117 Å². The highest BCUT2D eigenvalue weighted by atomic mass is 35.5. The van der Waals surface area contributed by atoms with E-state index in [0.29, 0.717) is 42.1 Å². The van der Waals surface area contributed by atoms with Crippen molar-refractivity contribution in [2.75, 3.05) is 49.3 Å². The number of halogens is 6. The number of rotatable bonds is 14. The molecule has 0 bridgehead atoms. The molecule has 1 aliphatic heterocycles. The summed E-state index contributed by atoms with van der Waals surface area (Å²) in [6.07, 6.45) is 1.94. The van der Waals surface area contributed by atoms with Crippen molar-refractivity contribution < 1.29 is 50.1 Å². The second kappa shape index (κ2) is 16.8. The highest BCUT2D eigenvalue weighted by Crippen LogP contribution is 2.42. The zero-order chi connectivity index (χ0) is 39.6. The second-order valence-corrected chi connectivity index (χ2v) is 15.6. The molecule has 1 amide bonds. The number of ether oxygens (including phenoxy) is 2. The first-order chi connectivity index (χ1) is 26.2. The van der Waals surface area contributed by atoms with Gasteiger partial charge in [-0.3, -0.25) is 4.79 Å². The third kappa shape index (κ3) is 8.70. The first-order valence-electron chi connectivity index (χ1n) is 17.2. The maximum atomic E-state index is 15.3. The zero-order valence-corrected chi connectivity index (χ0v) is 31.7. The van der Waals surface area contributed by atoms with Crippen LogP contribution in [0.2, 0.25) is 10.0 Å². The minimum atomic E-state index is -5.45. The summed E-state index contributed by atoms with van der Waals surface area (Å²) in [4.78, 5) is 28.3. The van der Waals surface area contributed by atoms with Crippen molar-refractivity contribution in [3.05, 3.63) is 116 Å². The van der Waals surface area contributed by atoms with Crippen molar-refractivity contribution >= 4 is 56.5 Å². The quantitative estimate of drug-likeness (QED) is 0.0779. The van der Waals surface area contributed by atoms with Gasteiger partial charge < -0.3 is 24.4 Å². The molecule has 0 aromatic heterocycles. The summed E-state index contributed by atoms with van der Waals surface area (Å²) in [5.74, 6) is -11.1. The minimum Gasteiger partial charge on any atom is -0.492 e. The normalized spacial score (nSPS) is 14.7. The van der Waals surface area contributed by atoms with Crippen LogP contribution in [0, 0.1) is 23.3 Å². The van der Waals surface area contributed by atoms with Gasteiger partial charge in [-0.1, -0.05) is 47.5 Å². The first kappa shape index (κ1) is 40.3. The number of carbonyl (C=O) groups excluding carboxylic acids is 1. The van der Waals surface area contributed by atoms with E-state index in [1.807, 2.05) is 12.1 Å². The van der Waals surface area contributed by atoms with E-state index in [4.69, 9.17) is 32.7 Å². The predicted molar refractivity (Wildman–Crippen MR) is 198 cm³/mol. The number of aromatic carboxylic acids is 1. The van der Waals surface area contributed by atoms with Crippen molar-refractivity contribution in [3.8, 4) is 5.75 Å². The molecule has 0 spiro atoms. The fourth-order valence-electron chi connectivity index (χ4n) is 6.30. The molecule has 55 heavy (non-hydrogen) atoms. The Kier molecular flexibility index (Phi) is 12.3. The highest BCUT2D eigenvalue weighted by molar-refractivity contribution is 7.89. The minimum absolute atomic E-state index is 0.0141. The summed E-state index contributed by atoms with van der Waals surface area (Å²) in [5.41, 5.74) is 2.60. The lowest BCUT2D eigenvalue weighted by molar-refractivity contribution is -0.119. The Labute approximate surface area is 324 Å². The van der Waals surface area contributed by atoms with E-state index >= 15 is 4.39 Å². The molecule has 0 unspecified atom stereocenters. The van der Waals surface area contributed by atoms with Crippen LogP contribution < -0.4 is 14.5 Å². The van der Waals surface area contributed by atoms with Gasteiger partial charge in [0.05, 0.1) is 44.2 Å². The fourth-order valence-corrected chi connectivity index (χ4v) is 8.43. The molecule has 1 aliphatic carbocycles. The van der Waals surface area contributed by atoms with Crippen LogP contribution in [0.25, 0.3) is 0 Å². The molecular weight excluding hydrogens is 789 g/mol. The Bertz CT molecular complexity index is 2210. The number of carboxylic acids is 1. The summed E-state index contributed by atoms with van der Waals surface area (Å²) >= 11 is 12.2. The number of amides is 1. The van der Waals surface area contributed by atoms with E-state index < -0.39 is 68.2 Å². The Hall–Kier alpha value is -4.41. The SMILES string of the molecule is CCOc1cc(C(=O)O)ccc1N(Cc1cc(C2CC2)cc(N2CCOCC2)c1)C(=O)CN(Cc1ccccc1Cl)S(=O)(=O)c1c(F)c(F)c(F)c(F)c1Cl. The van der Waals surface area contributed by atoms with Crippen LogP contribution in [-0.4, -0.2) is 69.2 Å². The Morgan fingerprint density at radius 2 is 1.62 bits per heavy atom. The van der Waals surface area contributed by atoms with Crippen molar-refractivity contribution in [3.63, 3.8) is 0 Å². The monoisotopic (exact) mass is 823 g/mol. The summed E-state index contributed by atoms with van der Waals surface area (Å²) in [7, 11) is -5.45. The van der Waals surface area contributed by atoms with Crippen molar-refractivity contribution in [2.45, 2.75) is 43.7 Å². The summed E-state index contributed by atoms with van der Waals surface area (Å²) in [6.45, 7) is 2.00. The van der Waals surface area contributed by atoms with Gasteiger partial charge in [-0.15, -0.1) is 0 Å². The lowest BCUT2D eigenvalue weighted by atomic mass is 10.0. The number of benzene rings is 4. The number of anilines is 2. The molecule has 1 saturated carbocycles.